The molecule has 1 N–H and O–H groups in total. The van der Waals surface area contributed by atoms with Gasteiger partial charge in [-0.25, -0.2) is 0 Å². The molecule has 4 heteroatoms. The predicted octanol–water partition coefficient (Wildman–Crippen LogP) is 2.46. The van der Waals surface area contributed by atoms with E-state index in [2.05, 4.69) is 9.80 Å². The van der Waals surface area contributed by atoms with Gasteiger partial charge >= 0.3 is 0 Å². The molecule has 2 fully saturated rings. The van der Waals surface area contributed by atoms with Crippen LogP contribution in [0.4, 0.5) is 0 Å². The largest absolute Gasteiger partial charge is 0.504 e. The molecule has 2 saturated heterocycles. The number of benzene rings is 1. The van der Waals surface area contributed by atoms with Crippen LogP contribution in [0.25, 0.3) is 0 Å². The fraction of sp³-hybridized carbons (Fsp3) is 0.647. The van der Waals surface area contributed by atoms with Crippen LogP contribution in [0.1, 0.15) is 31.7 Å². The van der Waals surface area contributed by atoms with E-state index in [0.29, 0.717) is 12.4 Å². The molecule has 0 amide bonds. The van der Waals surface area contributed by atoms with Crippen molar-refractivity contribution in [1.82, 2.24) is 9.80 Å². The third kappa shape index (κ3) is 3.50. The minimum absolute atomic E-state index is 0.235. The summed E-state index contributed by atoms with van der Waals surface area (Å²) in [4.78, 5) is 5.21. The molecule has 2 aliphatic heterocycles. The van der Waals surface area contributed by atoms with E-state index >= 15 is 0 Å². The Bertz CT molecular complexity index is 478. The van der Waals surface area contributed by atoms with Gasteiger partial charge in [0.2, 0.25) is 0 Å². The lowest BCUT2D eigenvalue weighted by atomic mass is 10.1. The Balaban J connectivity index is 1.66. The van der Waals surface area contributed by atoms with Crippen LogP contribution in [0.5, 0.6) is 11.5 Å². The molecular weight excluding hydrogens is 264 g/mol. The third-order valence-corrected chi connectivity index (χ3v) is 4.62. The maximum Gasteiger partial charge on any atom is 0.161 e. The van der Waals surface area contributed by atoms with Crippen LogP contribution in [-0.4, -0.2) is 53.7 Å². The Kier molecular flexibility index (Phi) is 4.66. The highest BCUT2D eigenvalue weighted by Crippen LogP contribution is 2.28. The van der Waals surface area contributed by atoms with Crippen molar-refractivity contribution in [2.75, 3.05) is 32.8 Å². The SMILES string of the molecule is CCOc1cc(CN2CCCN3CCCC3C2)ccc1O. The molecule has 0 aromatic heterocycles. The Morgan fingerprint density at radius 3 is 2.95 bits per heavy atom. The fourth-order valence-electron chi connectivity index (χ4n) is 3.61. The monoisotopic (exact) mass is 290 g/mol. The van der Waals surface area contributed by atoms with Gasteiger partial charge < -0.3 is 9.84 Å². The van der Waals surface area contributed by atoms with E-state index in [0.717, 1.165) is 19.1 Å². The minimum Gasteiger partial charge on any atom is -0.504 e. The molecule has 1 unspecified atom stereocenters. The molecule has 4 nitrogen and oxygen atoms in total. The summed E-state index contributed by atoms with van der Waals surface area (Å²) < 4.78 is 5.48. The van der Waals surface area contributed by atoms with Crippen molar-refractivity contribution >= 4 is 0 Å². The minimum atomic E-state index is 0.235. The lowest BCUT2D eigenvalue weighted by Crippen LogP contribution is -2.36. The molecule has 1 aromatic carbocycles. The second-order valence-corrected chi connectivity index (χ2v) is 6.16. The van der Waals surface area contributed by atoms with Crippen molar-refractivity contribution in [3.63, 3.8) is 0 Å². The van der Waals surface area contributed by atoms with Gasteiger partial charge in [0, 0.05) is 19.1 Å². The van der Waals surface area contributed by atoms with Crippen molar-refractivity contribution in [1.29, 1.82) is 0 Å². The van der Waals surface area contributed by atoms with Gasteiger partial charge in [-0.15, -0.1) is 0 Å². The summed E-state index contributed by atoms with van der Waals surface area (Å²) in [5.74, 6) is 0.839. The molecule has 1 aromatic rings. The Morgan fingerprint density at radius 2 is 2.10 bits per heavy atom. The Hall–Kier alpha value is -1.26. The smallest absolute Gasteiger partial charge is 0.161 e. The summed E-state index contributed by atoms with van der Waals surface area (Å²) in [6, 6.07) is 6.49. The van der Waals surface area contributed by atoms with Crippen LogP contribution >= 0.6 is 0 Å². The number of phenolic OH excluding ortho intramolecular Hbond substituents is 1. The maximum atomic E-state index is 9.79. The molecule has 3 rings (SSSR count). The normalized spacial score (nSPS) is 23.8. The van der Waals surface area contributed by atoms with E-state index in [1.807, 2.05) is 19.1 Å². The summed E-state index contributed by atoms with van der Waals surface area (Å²) in [6.45, 7) is 8.34. The van der Waals surface area contributed by atoms with Crippen molar-refractivity contribution in [2.24, 2.45) is 0 Å². The highest BCUT2D eigenvalue weighted by atomic mass is 16.5. The first-order valence-electron chi connectivity index (χ1n) is 8.17. The molecule has 0 spiro atoms. The molecule has 0 aliphatic carbocycles. The zero-order valence-corrected chi connectivity index (χ0v) is 12.9. The summed E-state index contributed by atoms with van der Waals surface area (Å²) >= 11 is 0. The maximum absolute atomic E-state index is 9.79. The number of nitrogens with zero attached hydrogens (tertiary/aromatic N) is 2. The summed E-state index contributed by atoms with van der Waals surface area (Å²) in [5.41, 5.74) is 1.22. The van der Waals surface area contributed by atoms with Crippen LogP contribution in [-0.2, 0) is 6.54 Å². The third-order valence-electron chi connectivity index (χ3n) is 4.62. The molecule has 2 aliphatic rings. The van der Waals surface area contributed by atoms with Gasteiger partial charge in [0.05, 0.1) is 6.61 Å². The van der Waals surface area contributed by atoms with E-state index in [-0.39, 0.29) is 5.75 Å². The van der Waals surface area contributed by atoms with Gasteiger partial charge in [-0.3, -0.25) is 9.80 Å². The first-order chi connectivity index (χ1) is 10.3. The van der Waals surface area contributed by atoms with Crippen LogP contribution in [0.15, 0.2) is 18.2 Å². The van der Waals surface area contributed by atoms with Gasteiger partial charge in [-0.2, -0.15) is 0 Å². The number of phenols is 1. The number of hydrogen-bond donors (Lipinski definition) is 1. The highest BCUT2D eigenvalue weighted by Gasteiger charge is 2.28. The van der Waals surface area contributed by atoms with Crippen molar-refractivity contribution in [3.05, 3.63) is 23.8 Å². The second kappa shape index (κ2) is 6.67. The summed E-state index contributed by atoms with van der Waals surface area (Å²) in [6.07, 6.45) is 3.95. The van der Waals surface area contributed by atoms with E-state index in [1.165, 1.54) is 44.5 Å². The number of aromatic hydroxyl groups is 1. The van der Waals surface area contributed by atoms with Gasteiger partial charge in [-0.05, 0) is 63.5 Å². The van der Waals surface area contributed by atoms with E-state index in [4.69, 9.17) is 4.74 Å². The molecule has 0 bridgehead atoms. The van der Waals surface area contributed by atoms with E-state index in [1.54, 1.807) is 6.07 Å². The average Bonchev–Trinajstić information content (AvgIpc) is 2.82. The first kappa shape index (κ1) is 14.7. The van der Waals surface area contributed by atoms with Crippen LogP contribution in [0.3, 0.4) is 0 Å². The van der Waals surface area contributed by atoms with Crippen LogP contribution in [0, 0.1) is 0 Å². The molecule has 116 valence electrons. The zero-order valence-electron chi connectivity index (χ0n) is 12.9. The van der Waals surface area contributed by atoms with Crippen molar-refractivity contribution in [3.8, 4) is 11.5 Å². The van der Waals surface area contributed by atoms with Gasteiger partial charge in [0.1, 0.15) is 0 Å². The Morgan fingerprint density at radius 1 is 1.24 bits per heavy atom. The number of fused-ring (bicyclic) bond motifs is 1. The molecule has 0 saturated carbocycles. The molecule has 1 atom stereocenters. The van der Waals surface area contributed by atoms with Crippen LogP contribution in [0.2, 0.25) is 0 Å². The van der Waals surface area contributed by atoms with Crippen LogP contribution < -0.4 is 4.74 Å². The topological polar surface area (TPSA) is 35.9 Å². The molecule has 21 heavy (non-hydrogen) atoms. The quantitative estimate of drug-likeness (QED) is 0.924. The number of ether oxygens (including phenoxy) is 1. The van der Waals surface area contributed by atoms with Gasteiger partial charge in [-0.1, -0.05) is 6.07 Å². The van der Waals surface area contributed by atoms with Gasteiger partial charge in [0.15, 0.2) is 11.5 Å². The lowest BCUT2D eigenvalue weighted by molar-refractivity contribution is 0.215. The second-order valence-electron chi connectivity index (χ2n) is 6.16. The summed E-state index contributed by atoms with van der Waals surface area (Å²) in [5, 5.41) is 9.79. The lowest BCUT2D eigenvalue weighted by Gasteiger charge is -2.25. The average molecular weight is 290 g/mol. The van der Waals surface area contributed by atoms with Crippen molar-refractivity contribution < 1.29 is 9.84 Å². The summed E-state index contributed by atoms with van der Waals surface area (Å²) in [7, 11) is 0. The van der Waals surface area contributed by atoms with Crippen molar-refractivity contribution in [2.45, 2.75) is 38.8 Å². The zero-order chi connectivity index (χ0) is 14.7. The first-order valence-corrected chi connectivity index (χ1v) is 8.17. The molecular formula is C17H26N2O2. The van der Waals surface area contributed by atoms with E-state index in [9.17, 15) is 5.11 Å². The highest BCUT2D eigenvalue weighted by molar-refractivity contribution is 5.41. The standard InChI is InChI=1S/C17H26N2O2/c1-2-21-17-11-14(6-7-16(17)20)12-18-8-4-10-19-9-3-5-15(19)13-18/h6-7,11,15,20H,2-5,8-10,12-13H2,1H3. The molecule has 2 heterocycles. The molecule has 0 radical (unpaired) electrons. The number of rotatable bonds is 4. The van der Waals surface area contributed by atoms with E-state index < -0.39 is 0 Å². The predicted molar refractivity (Wildman–Crippen MR) is 83.8 cm³/mol. The number of hydrogen-bond acceptors (Lipinski definition) is 4. The van der Waals surface area contributed by atoms with Gasteiger partial charge in [0.25, 0.3) is 0 Å². The Labute approximate surface area is 127 Å². The fourth-order valence-corrected chi connectivity index (χ4v) is 3.61.